The molecule has 5 heteroatoms. The second-order valence-corrected chi connectivity index (χ2v) is 7.46. The van der Waals surface area contributed by atoms with Gasteiger partial charge in [-0.3, -0.25) is 4.79 Å². The Hall–Kier alpha value is -2.56. The molecule has 0 unspecified atom stereocenters. The molecule has 142 valence electrons. The van der Waals surface area contributed by atoms with Crippen molar-refractivity contribution >= 4 is 5.91 Å². The molecule has 1 aliphatic carbocycles. The summed E-state index contributed by atoms with van der Waals surface area (Å²) >= 11 is 0. The summed E-state index contributed by atoms with van der Waals surface area (Å²) in [5.41, 5.74) is 1.06. The average Bonchev–Trinajstić information content (AvgIpc) is 2.68. The highest BCUT2D eigenvalue weighted by molar-refractivity contribution is 5.94. The second-order valence-electron chi connectivity index (χ2n) is 7.46. The van der Waals surface area contributed by atoms with Crippen LogP contribution in [-0.4, -0.2) is 18.6 Å². The highest BCUT2D eigenvalue weighted by atomic mass is 19.1. The van der Waals surface area contributed by atoms with Crippen LogP contribution in [0, 0.1) is 5.82 Å². The fourth-order valence-corrected chi connectivity index (χ4v) is 4.30. The molecule has 1 saturated carbocycles. The van der Waals surface area contributed by atoms with Crippen LogP contribution < -0.4 is 14.8 Å². The van der Waals surface area contributed by atoms with E-state index in [2.05, 4.69) is 5.32 Å². The standard InChI is InChI=1S/C22H24FNO3/c1-26-20-10-9-15(13-17(20)23)21(25)24-18-14-22(11-5-2-6-12-22)27-19-8-4-3-7-16(18)19/h3-4,7-10,13,18H,2,5-6,11-12,14H2,1H3,(H,24,25)/t18-/m1/s1. The molecule has 0 radical (unpaired) electrons. The van der Waals surface area contributed by atoms with Crippen LogP contribution in [0.15, 0.2) is 42.5 Å². The molecular weight excluding hydrogens is 345 g/mol. The molecule has 2 aliphatic rings. The highest BCUT2D eigenvalue weighted by Gasteiger charge is 2.42. The topological polar surface area (TPSA) is 47.6 Å². The number of carbonyl (C=O) groups excluding carboxylic acids is 1. The maximum absolute atomic E-state index is 14.0. The number of ether oxygens (including phenoxy) is 2. The van der Waals surface area contributed by atoms with Gasteiger partial charge in [-0.05, 0) is 49.9 Å². The summed E-state index contributed by atoms with van der Waals surface area (Å²) in [7, 11) is 1.40. The number of hydrogen-bond acceptors (Lipinski definition) is 3. The smallest absolute Gasteiger partial charge is 0.251 e. The fourth-order valence-electron chi connectivity index (χ4n) is 4.30. The van der Waals surface area contributed by atoms with Gasteiger partial charge in [0.2, 0.25) is 0 Å². The van der Waals surface area contributed by atoms with E-state index < -0.39 is 5.82 Å². The third kappa shape index (κ3) is 3.51. The number of halogens is 1. The number of rotatable bonds is 3. The molecule has 0 bridgehead atoms. The largest absolute Gasteiger partial charge is 0.494 e. The first kappa shape index (κ1) is 17.8. The molecule has 4 nitrogen and oxygen atoms in total. The van der Waals surface area contributed by atoms with Gasteiger partial charge in [0.15, 0.2) is 11.6 Å². The number of benzene rings is 2. The van der Waals surface area contributed by atoms with E-state index in [1.165, 1.54) is 25.7 Å². The molecule has 1 amide bonds. The van der Waals surface area contributed by atoms with Gasteiger partial charge >= 0.3 is 0 Å². The lowest BCUT2D eigenvalue weighted by molar-refractivity contribution is -0.00210. The van der Waals surface area contributed by atoms with Crippen molar-refractivity contribution in [2.75, 3.05) is 7.11 Å². The van der Waals surface area contributed by atoms with Gasteiger partial charge in [0.1, 0.15) is 11.4 Å². The molecule has 27 heavy (non-hydrogen) atoms. The first-order valence-corrected chi connectivity index (χ1v) is 9.53. The van der Waals surface area contributed by atoms with E-state index in [1.807, 2.05) is 24.3 Å². The summed E-state index contributed by atoms with van der Waals surface area (Å²) in [6.45, 7) is 0. The van der Waals surface area contributed by atoms with Crippen LogP contribution in [0.3, 0.4) is 0 Å². The van der Waals surface area contributed by atoms with Gasteiger partial charge in [0.25, 0.3) is 5.91 Å². The van der Waals surface area contributed by atoms with E-state index in [-0.39, 0.29) is 28.9 Å². The highest BCUT2D eigenvalue weighted by Crippen LogP contribution is 2.46. The number of para-hydroxylation sites is 1. The Bertz CT molecular complexity index is 845. The Kier molecular flexibility index (Phi) is 4.77. The molecular formula is C22H24FNO3. The third-order valence-electron chi connectivity index (χ3n) is 5.68. The van der Waals surface area contributed by atoms with E-state index >= 15 is 0 Å². The molecule has 0 aromatic heterocycles. The Balaban J connectivity index is 1.60. The van der Waals surface area contributed by atoms with Crippen molar-refractivity contribution < 1.29 is 18.7 Å². The van der Waals surface area contributed by atoms with Crippen LogP contribution in [0.5, 0.6) is 11.5 Å². The van der Waals surface area contributed by atoms with Crippen LogP contribution in [0.4, 0.5) is 4.39 Å². The van der Waals surface area contributed by atoms with Crippen LogP contribution in [0.25, 0.3) is 0 Å². The van der Waals surface area contributed by atoms with Crippen molar-refractivity contribution in [2.45, 2.75) is 50.2 Å². The molecule has 1 spiro atoms. The maximum atomic E-state index is 14.0. The lowest BCUT2D eigenvalue weighted by Crippen LogP contribution is -2.46. The molecule has 4 rings (SSSR count). The van der Waals surface area contributed by atoms with Crippen molar-refractivity contribution in [1.82, 2.24) is 5.32 Å². The second kappa shape index (κ2) is 7.22. The van der Waals surface area contributed by atoms with Gasteiger partial charge in [-0.15, -0.1) is 0 Å². The van der Waals surface area contributed by atoms with Crippen LogP contribution >= 0.6 is 0 Å². The first-order chi connectivity index (χ1) is 13.1. The van der Waals surface area contributed by atoms with Gasteiger partial charge in [-0.2, -0.15) is 0 Å². The number of nitrogens with one attached hydrogen (secondary N) is 1. The minimum Gasteiger partial charge on any atom is -0.494 e. The normalized spacial score (nSPS) is 20.4. The lowest BCUT2D eigenvalue weighted by Gasteiger charge is -2.44. The quantitative estimate of drug-likeness (QED) is 0.846. The summed E-state index contributed by atoms with van der Waals surface area (Å²) in [4.78, 5) is 12.8. The van der Waals surface area contributed by atoms with Crippen molar-refractivity contribution in [1.29, 1.82) is 0 Å². The zero-order chi connectivity index (χ0) is 18.9. The van der Waals surface area contributed by atoms with Gasteiger partial charge in [0, 0.05) is 17.5 Å². The number of carbonyl (C=O) groups is 1. The summed E-state index contributed by atoms with van der Waals surface area (Å²) in [5.74, 6) is 0.145. The van der Waals surface area contributed by atoms with Gasteiger partial charge in [-0.25, -0.2) is 4.39 Å². The molecule has 1 atom stereocenters. The number of methoxy groups -OCH3 is 1. The molecule has 1 N–H and O–H groups in total. The predicted molar refractivity (Wildman–Crippen MR) is 101 cm³/mol. The zero-order valence-electron chi connectivity index (χ0n) is 15.5. The van der Waals surface area contributed by atoms with Gasteiger partial charge in [-0.1, -0.05) is 24.6 Å². The van der Waals surface area contributed by atoms with Gasteiger partial charge < -0.3 is 14.8 Å². The number of amides is 1. The summed E-state index contributed by atoms with van der Waals surface area (Å²) in [6.07, 6.45) is 6.28. The van der Waals surface area contributed by atoms with Crippen molar-refractivity contribution in [3.63, 3.8) is 0 Å². The molecule has 1 fully saturated rings. The monoisotopic (exact) mass is 369 g/mol. The van der Waals surface area contributed by atoms with E-state index in [4.69, 9.17) is 9.47 Å². The van der Waals surface area contributed by atoms with E-state index in [9.17, 15) is 9.18 Å². The average molecular weight is 369 g/mol. The maximum Gasteiger partial charge on any atom is 0.251 e. The van der Waals surface area contributed by atoms with E-state index in [0.29, 0.717) is 0 Å². The van der Waals surface area contributed by atoms with Crippen LogP contribution in [-0.2, 0) is 0 Å². The SMILES string of the molecule is COc1ccc(C(=O)N[C@@H]2CC3(CCCCC3)Oc3ccccc32)cc1F. The Morgan fingerprint density at radius 2 is 1.96 bits per heavy atom. The zero-order valence-corrected chi connectivity index (χ0v) is 15.5. The minimum absolute atomic E-state index is 0.129. The molecule has 2 aromatic carbocycles. The Labute approximate surface area is 158 Å². The molecule has 0 saturated heterocycles. The Morgan fingerprint density at radius 3 is 2.70 bits per heavy atom. The van der Waals surface area contributed by atoms with E-state index in [0.717, 1.165) is 43.4 Å². The summed E-state index contributed by atoms with van der Waals surface area (Å²) in [6, 6.07) is 12.0. The van der Waals surface area contributed by atoms with Crippen molar-refractivity contribution in [3.8, 4) is 11.5 Å². The van der Waals surface area contributed by atoms with Gasteiger partial charge in [0.05, 0.1) is 13.2 Å². The van der Waals surface area contributed by atoms with Crippen molar-refractivity contribution in [3.05, 3.63) is 59.4 Å². The third-order valence-corrected chi connectivity index (χ3v) is 5.68. The molecule has 2 aromatic rings. The lowest BCUT2D eigenvalue weighted by atomic mass is 9.77. The number of hydrogen-bond donors (Lipinski definition) is 1. The first-order valence-electron chi connectivity index (χ1n) is 9.53. The summed E-state index contributed by atoms with van der Waals surface area (Å²) < 4.78 is 25.3. The van der Waals surface area contributed by atoms with Crippen LogP contribution in [0.1, 0.15) is 60.5 Å². The fraction of sp³-hybridized carbons (Fsp3) is 0.409. The van der Waals surface area contributed by atoms with E-state index in [1.54, 1.807) is 6.07 Å². The predicted octanol–water partition coefficient (Wildman–Crippen LogP) is 4.79. The molecule has 1 heterocycles. The Morgan fingerprint density at radius 1 is 1.19 bits per heavy atom. The number of fused-ring (bicyclic) bond motifs is 1. The van der Waals surface area contributed by atoms with Crippen LogP contribution in [0.2, 0.25) is 0 Å². The molecule has 1 aliphatic heterocycles. The minimum atomic E-state index is -0.540. The summed E-state index contributed by atoms with van der Waals surface area (Å²) in [5, 5.41) is 3.10. The van der Waals surface area contributed by atoms with Crippen molar-refractivity contribution in [2.24, 2.45) is 0 Å².